The van der Waals surface area contributed by atoms with Gasteiger partial charge in [-0.05, 0) is 13.3 Å². The van der Waals surface area contributed by atoms with Crippen molar-refractivity contribution < 1.29 is 23.8 Å². The van der Waals surface area contributed by atoms with Crippen molar-refractivity contribution in [3.05, 3.63) is 0 Å². The van der Waals surface area contributed by atoms with Gasteiger partial charge >= 0.3 is 11.9 Å². The predicted octanol–water partition coefficient (Wildman–Crippen LogP) is 1.78. The van der Waals surface area contributed by atoms with Crippen LogP contribution in [0.1, 0.15) is 33.1 Å². The van der Waals surface area contributed by atoms with Gasteiger partial charge in [-0.3, -0.25) is 14.0 Å². The summed E-state index contributed by atoms with van der Waals surface area (Å²) < 4.78 is 17.0. The van der Waals surface area contributed by atoms with Gasteiger partial charge < -0.3 is 9.84 Å². The van der Waals surface area contributed by atoms with Crippen LogP contribution in [0.4, 0.5) is 4.39 Å². The number of halogens is 1. The van der Waals surface area contributed by atoms with Crippen molar-refractivity contribution in [2.24, 2.45) is 5.41 Å². The Kier molecular flexibility index (Phi) is 5.89. The summed E-state index contributed by atoms with van der Waals surface area (Å²) in [6.07, 6.45) is 0.269. The van der Waals surface area contributed by atoms with Crippen molar-refractivity contribution in [3.8, 4) is 0 Å². The Morgan fingerprint density at radius 3 is 2.27 bits per heavy atom. The highest BCUT2D eigenvalue weighted by Crippen LogP contribution is 2.30. The summed E-state index contributed by atoms with van der Waals surface area (Å²) in [5, 5.41) is 9.02. The first-order valence-electron chi connectivity index (χ1n) is 5.01. The minimum absolute atomic E-state index is 0.101. The molecule has 0 aliphatic carbocycles. The van der Waals surface area contributed by atoms with Crippen LogP contribution in [0, 0.1) is 5.41 Å². The monoisotopic (exact) mass is 220 g/mol. The van der Waals surface area contributed by atoms with Gasteiger partial charge in [-0.15, -0.1) is 0 Å². The number of carbonyl (C=O) groups excluding carboxylic acids is 1. The van der Waals surface area contributed by atoms with E-state index in [9.17, 15) is 14.0 Å². The fraction of sp³-hybridized carbons (Fsp3) is 0.800. The van der Waals surface area contributed by atoms with Gasteiger partial charge in [0.25, 0.3) is 0 Å². The van der Waals surface area contributed by atoms with E-state index in [1.807, 2.05) is 0 Å². The molecule has 0 heterocycles. The molecule has 1 atom stereocenters. The van der Waals surface area contributed by atoms with Gasteiger partial charge in [-0.2, -0.15) is 0 Å². The highest BCUT2D eigenvalue weighted by atomic mass is 19.1. The normalized spacial score (nSPS) is 14.3. The second kappa shape index (κ2) is 6.37. The summed E-state index contributed by atoms with van der Waals surface area (Å²) in [5.74, 6) is -2.14. The molecule has 0 saturated heterocycles. The van der Waals surface area contributed by atoms with Crippen LogP contribution in [0.2, 0.25) is 0 Å². The summed E-state index contributed by atoms with van der Waals surface area (Å²) in [6.45, 7) is 2.59. The van der Waals surface area contributed by atoms with Crippen LogP contribution in [-0.4, -0.2) is 30.3 Å². The lowest BCUT2D eigenvalue weighted by molar-refractivity contribution is -0.170. The summed E-state index contributed by atoms with van der Waals surface area (Å²) in [7, 11) is 0. The topological polar surface area (TPSA) is 63.6 Å². The molecule has 0 aliphatic rings. The zero-order valence-electron chi connectivity index (χ0n) is 9.09. The fourth-order valence-corrected chi connectivity index (χ4v) is 1.49. The van der Waals surface area contributed by atoms with Crippen molar-refractivity contribution in [1.29, 1.82) is 0 Å². The Morgan fingerprint density at radius 1 is 1.33 bits per heavy atom. The zero-order valence-corrected chi connectivity index (χ0v) is 9.09. The molecule has 1 N–H and O–H groups in total. The Morgan fingerprint density at radius 2 is 1.93 bits per heavy atom. The van der Waals surface area contributed by atoms with E-state index in [1.54, 1.807) is 13.8 Å². The van der Waals surface area contributed by atoms with Crippen molar-refractivity contribution >= 4 is 11.9 Å². The molecule has 0 aromatic rings. The second-order valence-corrected chi connectivity index (χ2v) is 3.30. The highest BCUT2D eigenvalue weighted by Gasteiger charge is 2.46. The molecule has 0 aromatic heterocycles. The quantitative estimate of drug-likeness (QED) is 0.524. The largest absolute Gasteiger partial charge is 0.480 e. The van der Waals surface area contributed by atoms with Crippen LogP contribution in [0.5, 0.6) is 0 Å². The maximum atomic E-state index is 12.3. The number of carbonyl (C=O) groups is 2. The average molecular weight is 220 g/mol. The van der Waals surface area contributed by atoms with Gasteiger partial charge in [0.15, 0.2) is 5.41 Å². The van der Waals surface area contributed by atoms with Gasteiger partial charge in [0.2, 0.25) is 0 Å². The molecule has 0 aromatic carbocycles. The summed E-state index contributed by atoms with van der Waals surface area (Å²) in [4.78, 5) is 22.6. The lowest BCUT2D eigenvalue weighted by Gasteiger charge is -2.25. The number of esters is 1. The molecule has 0 rings (SSSR count). The summed E-state index contributed by atoms with van der Waals surface area (Å²) >= 11 is 0. The van der Waals surface area contributed by atoms with Crippen LogP contribution in [-0.2, 0) is 14.3 Å². The molecule has 0 spiro atoms. The van der Waals surface area contributed by atoms with Crippen LogP contribution in [0.25, 0.3) is 0 Å². The first-order valence-corrected chi connectivity index (χ1v) is 5.01. The number of rotatable bonds is 7. The molecular formula is C10H17FO4. The number of ether oxygens (including phenoxy) is 1. The molecule has 0 amide bonds. The zero-order chi connectivity index (χ0) is 11.9. The third kappa shape index (κ3) is 3.18. The number of hydrogen-bond donors (Lipinski definition) is 1. The first-order chi connectivity index (χ1) is 7.05. The Hall–Kier alpha value is -1.13. The van der Waals surface area contributed by atoms with Crippen molar-refractivity contribution in [2.45, 2.75) is 33.1 Å². The third-order valence-corrected chi connectivity index (χ3v) is 2.27. The van der Waals surface area contributed by atoms with Gasteiger partial charge in [0, 0.05) is 6.42 Å². The minimum atomic E-state index is -1.71. The smallest absolute Gasteiger partial charge is 0.323 e. The van der Waals surface area contributed by atoms with Gasteiger partial charge in [-0.25, -0.2) is 0 Å². The van der Waals surface area contributed by atoms with E-state index < -0.39 is 24.0 Å². The number of aliphatic carboxylic acids is 1. The average Bonchev–Trinajstić information content (AvgIpc) is 2.17. The van der Waals surface area contributed by atoms with Crippen molar-refractivity contribution in [2.75, 3.05) is 13.3 Å². The molecule has 1 unspecified atom stereocenters. The number of alkyl halides is 1. The van der Waals surface area contributed by atoms with Gasteiger partial charge in [0.05, 0.1) is 13.3 Å². The van der Waals surface area contributed by atoms with Crippen LogP contribution in [0.15, 0.2) is 0 Å². The van der Waals surface area contributed by atoms with Gasteiger partial charge in [0.1, 0.15) is 0 Å². The molecule has 88 valence electrons. The molecule has 5 heteroatoms. The molecule has 0 saturated carbocycles. The Balaban J connectivity index is 4.92. The fourth-order valence-electron chi connectivity index (χ4n) is 1.49. The summed E-state index contributed by atoms with van der Waals surface area (Å²) in [6, 6.07) is 0. The van der Waals surface area contributed by atoms with Crippen molar-refractivity contribution in [3.63, 3.8) is 0 Å². The van der Waals surface area contributed by atoms with E-state index >= 15 is 0 Å². The first kappa shape index (κ1) is 13.9. The lowest BCUT2D eigenvalue weighted by Crippen LogP contribution is -2.41. The molecule has 0 aliphatic heterocycles. The molecule has 4 nitrogen and oxygen atoms in total. The van der Waals surface area contributed by atoms with Crippen LogP contribution >= 0.6 is 0 Å². The standard InChI is InChI=1S/C10H17FO4/c1-3-5-10(6-7-11,8(12)13)9(14)15-4-2/h3-7H2,1-2H3,(H,12,13). The van der Waals surface area contributed by atoms with Crippen LogP contribution < -0.4 is 0 Å². The summed E-state index contributed by atoms with van der Waals surface area (Å²) in [5.41, 5.74) is -1.71. The Labute approximate surface area is 88.4 Å². The molecule has 15 heavy (non-hydrogen) atoms. The van der Waals surface area contributed by atoms with E-state index in [1.165, 1.54) is 0 Å². The molecule has 0 bridgehead atoms. The molecular weight excluding hydrogens is 203 g/mol. The van der Waals surface area contributed by atoms with Gasteiger partial charge in [-0.1, -0.05) is 13.3 Å². The maximum Gasteiger partial charge on any atom is 0.323 e. The predicted molar refractivity (Wildman–Crippen MR) is 52.2 cm³/mol. The SMILES string of the molecule is CCCC(CCF)(C(=O)O)C(=O)OCC. The molecule has 0 radical (unpaired) electrons. The maximum absolute atomic E-state index is 12.3. The minimum Gasteiger partial charge on any atom is -0.480 e. The Bertz CT molecular complexity index is 221. The number of carboxylic acids is 1. The molecule has 0 fully saturated rings. The van der Waals surface area contributed by atoms with Crippen LogP contribution in [0.3, 0.4) is 0 Å². The lowest BCUT2D eigenvalue weighted by atomic mass is 9.80. The van der Waals surface area contributed by atoms with E-state index in [0.717, 1.165) is 0 Å². The second-order valence-electron chi connectivity index (χ2n) is 3.30. The van der Waals surface area contributed by atoms with E-state index in [4.69, 9.17) is 5.11 Å². The number of hydrogen-bond acceptors (Lipinski definition) is 3. The van der Waals surface area contributed by atoms with E-state index in [2.05, 4.69) is 4.74 Å². The highest BCUT2D eigenvalue weighted by molar-refractivity contribution is 5.99. The van der Waals surface area contributed by atoms with Crippen molar-refractivity contribution in [1.82, 2.24) is 0 Å². The van der Waals surface area contributed by atoms with E-state index in [0.29, 0.717) is 6.42 Å². The number of carboxylic acid groups (broad SMARTS) is 1. The third-order valence-electron chi connectivity index (χ3n) is 2.27. The van der Waals surface area contributed by atoms with E-state index in [-0.39, 0.29) is 19.4 Å².